The highest BCUT2D eigenvalue weighted by Gasteiger charge is 2.57. The molecule has 0 unspecified atom stereocenters. The van der Waals surface area contributed by atoms with Gasteiger partial charge in [0.15, 0.2) is 0 Å². The van der Waals surface area contributed by atoms with E-state index in [0.29, 0.717) is 31.8 Å². The molecule has 2 aromatic rings. The van der Waals surface area contributed by atoms with Crippen molar-refractivity contribution in [2.45, 2.75) is 52.1 Å². The van der Waals surface area contributed by atoms with Gasteiger partial charge in [0.25, 0.3) is 5.91 Å². The number of rotatable bonds is 6. The first kappa shape index (κ1) is 20.0. The number of para-hydroxylation sites is 1. The Morgan fingerprint density at radius 3 is 2.55 bits per heavy atom. The van der Waals surface area contributed by atoms with Crippen LogP contribution in [0.1, 0.15) is 45.6 Å². The van der Waals surface area contributed by atoms with Gasteiger partial charge in [0.05, 0.1) is 0 Å². The monoisotopic (exact) mass is 396 g/mol. The molecule has 0 atom stereocenters. The number of amides is 3. The predicted molar refractivity (Wildman–Crippen MR) is 114 cm³/mol. The van der Waals surface area contributed by atoms with Crippen LogP contribution in [0.3, 0.4) is 0 Å². The highest BCUT2D eigenvalue weighted by molar-refractivity contribution is 6.07. The van der Waals surface area contributed by atoms with Crippen molar-refractivity contribution in [1.29, 1.82) is 0 Å². The second-order valence-electron chi connectivity index (χ2n) is 8.83. The lowest BCUT2D eigenvalue weighted by atomic mass is 9.85. The van der Waals surface area contributed by atoms with Crippen molar-refractivity contribution in [3.05, 3.63) is 36.0 Å². The number of imide groups is 1. The number of likely N-dealkylation sites (N-methyl/N-ethyl adjacent to an activating group) is 1. The van der Waals surface area contributed by atoms with Crippen LogP contribution in [0.25, 0.3) is 10.9 Å². The number of likely N-dealkylation sites (tertiary alicyclic amines) is 1. The molecule has 6 nitrogen and oxygen atoms in total. The molecule has 29 heavy (non-hydrogen) atoms. The molecule has 4 rings (SSSR count). The maximum Gasteiger partial charge on any atom is 0.327 e. The fourth-order valence-electron chi connectivity index (χ4n) is 4.83. The highest BCUT2D eigenvalue weighted by atomic mass is 16.2. The van der Waals surface area contributed by atoms with Crippen LogP contribution in [0.15, 0.2) is 30.5 Å². The number of urea groups is 1. The van der Waals surface area contributed by atoms with Gasteiger partial charge in [-0.05, 0) is 43.7 Å². The van der Waals surface area contributed by atoms with Gasteiger partial charge in [0, 0.05) is 49.8 Å². The second-order valence-corrected chi connectivity index (χ2v) is 8.83. The SMILES string of the molecule is CCN1C(=O)N(CCC(C)C)C2(CCN(Cc3c[nH]c4ccccc34)CC2)C1=O. The number of aromatic nitrogens is 1. The minimum Gasteiger partial charge on any atom is -0.361 e. The number of hydrogen-bond acceptors (Lipinski definition) is 3. The summed E-state index contributed by atoms with van der Waals surface area (Å²) < 4.78 is 0. The fourth-order valence-corrected chi connectivity index (χ4v) is 4.83. The first-order valence-electron chi connectivity index (χ1n) is 10.9. The molecule has 1 spiro atoms. The van der Waals surface area contributed by atoms with Crippen LogP contribution in [0, 0.1) is 5.92 Å². The summed E-state index contributed by atoms with van der Waals surface area (Å²) in [5.74, 6) is 0.521. The van der Waals surface area contributed by atoms with E-state index in [4.69, 9.17) is 0 Å². The van der Waals surface area contributed by atoms with Crippen LogP contribution >= 0.6 is 0 Å². The predicted octanol–water partition coefficient (Wildman–Crippen LogP) is 3.83. The number of hydrogen-bond donors (Lipinski definition) is 1. The van der Waals surface area contributed by atoms with E-state index in [9.17, 15) is 9.59 Å². The number of nitrogens with zero attached hydrogens (tertiary/aromatic N) is 3. The lowest BCUT2D eigenvalue weighted by Crippen LogP contribution is -2.56. The average Bonchev–Trinajstić information content (AvgIpc) is 3.20. The summed E-state index contributed by atoms with van der Waals surface area (Å²) in [5.41, 5.74) is 1.81. The largest absolute Gasteiger partial charge is 0.361 e. The molecule has 1 N–H and O–H groups in total. The molecule has 1 aromatic carbocycles. The first-order chi connectivity index (χ1) is 14.0. The first-order valence-corrected chi connectivity index (χ1v) is 10.9. The Balaban J connectivity index is 1.49. The lowest BCUT2D eigenvalue weighted by molar-refractivity contribution is -0.135. The summed E-state index contributed by atoms with van der Waals surface area (Å²) in [4.78, 5) is 35.2. The molecule has 0 aliphatic carbocycles. The molecule has 1 aromatic heterocycles. The number of H-pyrrole nitrogens is 1. The minimum atomic E-state index is -0.640. The summed E-state index contributed by atoms with van der Waals surface area (Å²) in [7, 11) is 0. The molecular formula is C23H32N4O2. The maximum atomic E-state index is 13.2. The third-order valence-electron chi connectivity index (χ3n) is 6.62. The number of carbonyl (C=O) groups excluding carboxylic acids is 2. The Bertz CT molecular complexity index is 895. The van der Waals surface area contributed by atoms with Crippen LogP contribution in [0.2, 0.25) is 0 Å². The molecule has 2 fully saturated rings. The third kappa shape index (κ3) is 3.44. The molecule has 0 radical (unpaired) electrons. The van der Waals surface area contributed by atoms with Crippen LogP contribution in [0.5, 0.6) is 0 Å². The van der Waals surface area contributed by atoms with Crippen molar-refractivity contribution in [3.8, 4) is 0 Å². The zero-order valence-electron chi connectivity index (χ0n) is 17.8. The van der Waals surface area contributed by atoms with Crippen molar-refractivity contribution < 1.29 is 9.59 Å². The van der Waals surface area contributed by atoms with Crippen molar-refractivity contribution in [1.82, 2.24) is 19.7 Å². The maximum absolute atomic E-state index is 13.2. The Morgan fingerprint density at radius 1 is 1.14 bits per heavy atom. The Morgan fingerprint density at radius 2 is 1.86 bits per heavy atom. The summed E-state index contributed by atoms with van der Waals surface area (Å²) >= 11 is 0. The van der Waals surface area contributed by atoms with Gasteiger partial charge in [-0.25, -0.2) is 4.79 Å². The van der Waals surface area contributed by atoms with E-state index in [0.717, 1.165) is 31.6 Å². The van der Waals surface area contributed by atoms with Gasteiger partial charge in [-0.3, -0.25) is 14.6 Å². The molecule has 6 heteroatoms. The number of fused-ring (bicyclic) bond motifs is 1. The molecule has 2 saturated heterocycles. The summed E-state index contributed by atoms with van der Waals surface area (Å²) in [5, 5.41) is 1.26. The molecule has 3 heterocycles. The topological polar surface area (TPSA) is 59.7 Å². The van der Waals surface area contributed by atoms with Gasteiger partial charge in [-0.15, -0.1) is 0 Å². The van der Waals surface area contributed by atoms with E-state index in [-0.39, 0.29) is 11.9 Å². The molecule has 0 saturated carbocycles. The van der Waals surface area contributed by atoms with E-state index in [2.05, 4.69) is 48.1 Å². The Kier molecular flexibility index (Phi) is 5.38. The normalized spacial score (nSPS) is 20.0. The van der Waals surface area contributed by atoms with Gasteiger partial charge in [0.2, 0.25) is 0 Å². The fraction of sp³-hybridized carbons (Fsp3) is 0.565. The molecule has 2 aliphatic heterocycles. The third-order valence-corrected chi connectivity index (χ3v) is 6.62. The van der Waals surface area contributed by atoms with Crippen LogP contribution in [-0.4, -0.2) is 63.3 Å². The molecular weight excluding hydrogens is 364 g/mol. The number of aromatic amines is 1. The summed E-state index contributed by atoms with van der Waals surface area (Å²) in [6, 6.07) is 8.27. The van der Waals surface area contributed by atoms with Crippen LogP contribution < -0.4 is 0 Å². The van der Waals surface area contributed by atoms with Crippen LogP contribution in [-0.2, 0) is 11.3 Å². The summed E-state index contributed by atoms with van der Waals surface area (Å²) in [6.45, 7) is 9.86. The zero-order chi connectivity index (χ0) is 20.6. The van der Waals surface area contributed by atoms with E-state index < -0.39 is 5.54 Å². The molecule has 2 aliphatic rings. The molecule has 0 bridgehead atoms. The van der Waals surface area contributed by atoms with E-state index in [1.54, 1.807) is 0 Å². The minimum absolute atomic E-state index is 0.0144. The Labute approximate surface area is 172 Å². The standard InChI is InChI=1S/C23H32N4O2/c1-4-26-21(28)23(27(22(26)29)12-9-17(2)3)10-13-25(14-11-23)16-18-15-24-20-8-6-5-7-19(18)20/h5-8,15,17,24H,4,9-14,16H2,1-3H3. The average molecular weight is 397 g/mol. The number of nitrogens with one attached hydrogen (secondary N) is 1. The van der Waals surface area contributed by atoms with Crippen molar-refractivity contribution in [3.63, 3.8) is 0 Å². The van der Waals surface area contributed by atoms with E-state index >= 15 is 0 Å². The van der Waals surface area contributed by atoms with Crippen molar-refractivity contribution >= 4 is 22.8 Å². The highest BCUT2D eigenvalue weighted by Crippen LogP contribution is 2.38. The smallest absolute Gasteiger partial charge is 0.327 e. The van der Waals surface area contributed by atoms with Gasteiger partial charge in [-0.1, -0.05) is 32.0 Å². The number of benzene rings is 1. The Hall–Kier alpha value is -2.34. The molecule has 3 amide bonds. The van der Waals surface area contributed by atoms with Gasteiger partial charge in [0.1, 0.15) is 5.54 Å². The second kappa shape index (κ2) is 7.82. The van der Waals surface area contributed by atoms with Crippen LogP contribution in [0.4, 0.5) is 4.79 Å². The van der Waals surface area contributed by atoms with Gasteiger partial charge < -0.3 is 9.88 Å². The van der Waals surface area contributed by atoms with Crippen molar-refractivity contribution in [2.24, 2.45) is 5.92 Å². The quantitative estimate of drug-likeness (QED) is 0.755. The lowest BCUT2D eigenvalue weighted by Gasteiger charge is -2.42. The van der Waals surface area contributed by atoms with Gasteiger partial charge >= 0.3 is 6.03 Å². The van der Waals surface area contributed by atoms with E-state index in [1.807, 2.05) is 17.9 Å². The zero-order valence-corrected chi connectivity index (χ0v) is 17.8. The number of piperidine rings is 1. The molecule has 156 valence electrons. The number of carbonyl (C=O) groups is 2. The van der Waals surface area contributed by atoms with Crippen molar-refractivity contribution in [2.75, 3.05) is 26.2 Å². The van der Waals surface area contributed by atoms with Gasteiger partial charge in [-0.2, -0.15) is 0 Å². The summed E-state index contributed by atoms with van der Waals surface area (Å²) in [6.07, 6.45) is 4.45. The van der Waals surface area contributed by atoms with E-state index in [1.165, 1.54) is 15.8 Å².